The van der Waals surface area contributed by atoms with Gasteiger partial charge in [-0.15, -0.1) is 0 Å². The molecule has 0 amide bonds. The molecule has 1 atom stereocenters. The van der Waals surface area contributed by atoms with Crippen molar-refractivity contribution in [3.63, 3.8) is 0 Å². The van der Waals surface area contributed by atoms with Crippen LogP contribution in [-0.2, 0) is 0 Å². The van der Waals surface area contributed by atoms with Crippen LogP contribution in [0.3, 0.4) is 0 Å². The van der Waals surface area contributed by atoms with Gasteiger partial charge in [0.25, 0.3) is 0 Å². The molecule has 0 saturated heterocycles. The van der Waals surface area contributed by atoms with E-state index < -0.39 is 0 Å². The quantitative estimate of drug-likeness (QED) is 0.785. The van der Waals surface area contributed by atoms with Crippen molar-refractivity contribution >= 4 is 17.2 Å². The fourth-order valence-electron chi connectivity index (χ4n) is 1.21. The lowest BCUT2D eigenvalue weighted by molar-refractivity contribution is 0.196. The van der Waals surface area contributed by atoms with Gasteiger partial charge in [-0.3, -0.25) is 0 Å². The molecule has 0 heterocycles. The molecule has 0 aliphatic rings. The molecule has 2 N–H and O–H groups in total. The Hall–Kier alpha value is -1.16. The number of benzene rings is 1. The van der Waals surface area contributed by atoms with Crippen LogP contribution >= 0.6 is 12.2 Å². The first kappa shape index (κ1) is 11.9. The third-order valence-corrected chi connectivity index (χ3v) is 2.18. The second-order valence-electron chi connectivity index (χ2n) is 3.25. The molecule has 1 aromatic carbocycles. The van der Waals surface area contributed by atoms with Gasteiger partial charge >= 0.3 is 0 Å². The van der Waals surface area contributed by atoms with E-state index in [0.717, 1.165) is 6.42 Å². The number of para-hydroxylation sites is 1. The summed E-state index contributed by atoms with van der Waals surface area (Å²) >= 11 is 4.79. The average Bonchev–Trinajstić information content (AvgIpc) is 2.19. The minimum Gasteiger partial charge on any atom is -0.487 e. The molecule has 15 heavy (non-hydrogen) atoms. The van der Waals surface area contributed by atoms with Gasteiger partial charge in [0.2, 0.25) is 0 Å². The summed E-state index contributed by atoms with van der Waals surface area (Å²) in [5.41, 5.74) is 5.42. The third-order valence-electron chi connectivity index (χ3n) is 2.01. The maximum Gasteiger partial charge on any atom is 0.165 e. The highest BCUT2D eigenvalue weighted by Gasteiger charge is 2.11. The van der Waals surface area contributed by atoms with Crippen molar-refractivity contribution in [2.45, 2.75) is 25.9 Å². The van der Waals surface area contributed by atoms with Gasteiger partial charge in [-0.2, -0.15) is 0 Å². The Kier molecular flexibility index (Phi) is 4.49. The predicted octanol–water partition coefficient (Wildman–Crippen LogP) is 2.66. The number of halogens is 1. The van der Waals surface area contributed by atoms with Gasteiger partial charge in [-0.25, -0.2) is 4.39 Å². The number of hydrogen-bond donors (Lipinski definition) is 1. The molecule has 1 rings (SSSR count). The van der Waals surface area contributed by atoms with E-state index in [9.17, 15) is 4.39 Å². The standard InChI is InChI=1S/C11H14FNOS/c1-2-8(7-11(13)15)14-10-6-4-3-5-9(10)12/h3-6,8H,2,7H2,1H3,(H2,13,15). The third kappa shape index (κ3) is 3.83. The van der Waals surface area contributed by atoms with Crippen LogP contribution in [0.5, 0.6) is 5.75 Å². The van der Waals surface area contributed by atoms with Crippen molar-refractivity contribution in [1.29, 1.82) is 0 Å². The second kappa shape index (κ2) is 5.66. The van der Waals surface area contributed by atoms with E-state index in [-0.39, 0.29) is 17.7 Å². The SMILES string of the molecule is CCC(CC(N)=S)Oc1ccccc1F. The lowest BCUT2D eigenvalue weighted by Crippen LogP contribution is -2.23. The normalized spacial score (nSPS) is 12.1. The molecule has 1 aromatic rings. The largest absolute Gasteiger partial charge is 0.487 e. The van der Waals surface area contributed by atoms with Crippen LogP contribution in [0, 0.1) is 5.82 Å². The van der Waals surface area contributed by atoms with E-state index in [1.165, 1.54) is 6.07 Å². The molecule has 4 heteroatoms. The highest BCUT2D eigenvalue weighted by molar-refractivity contribution is 7.80. The second-order valence-corrected chi connectivity index (χ2v) is 3.77. The molecular weight excluding hydrogens is 213 g/mol. The zero-order valence-electron chi connectivity index (χ0n) is 8.57. The molecule has 0 aliphatic heterocycles. The van der Waals surface area contributed by atoms with E-state index in [2.05, 4.69) is 0 Å². The van der Waals surface area contributed by atoms with Gasteiger partial charge in [0.05, 0.1) is 4.99 Å². The van der Waals surface area contributed by atoms with E-state index in [1.807, 2.05) is 6.92 Å². The fourth-order valence-corrected chi connectivity index (χ4v) is 1.40. The van der Waals surface area contributed by atoms with Gasteiger partial charge < -0.3 is 10.5 Å². The molecule has 0 spiro atoms. The lowest BCUT2D eigenvalue weighted by Gasteiger charge is -2.17. The molecule has 0 saturated carbocycles. The Bertz CT molecular complexity index is 343. The number of ether oxygens (including phenoxy) is 1. The van der Waals surface area contributed by atoms with Crippen molar-refractivity contribution in [2.24, 2.45) is 5.73 Å². The van der Waals surface area contributed by atoms with Crippen molar-refractivity contribution < 1.29 is 9.13 Å². The first-order chi connectivity index (χ1) is 7.13. The van der Waals surface area contributed by atoms with Gasteiger partial charge in [0.1, 0.15) is 6.10 Å². The smallest absolute Gasteiger partial charge is 0.165 e. The van der Waals surface area contributed by atoms with Crippen molar-refractivity contribution in [2.75, 3.05) is 0 Å². The van der Waals surface area contributed by atoms with Crippen LogP contribution in [-0.4, -0.2) is 11.1 Å². The van der Waals surface area contributed by atoms with Gasteiger partial charge in [-0.05, 0) is 18.6 Å². The van der Waals surface area contributed by atoms with E-state index in [0.29, 0.717) is 11.4 Å². The molecule has 82 valence electrons. The first-order valence-electron chi connectivity index (χ1n) is 4.83. The van der Waals surface area contributed by atoms with Crippen LogP contribution in [0.25, 0.3) is 0 Å². The Labute approximate surface area is 94.2 Å². The summed E-state index contributed by atoms with van der Waals surface area (Å²) < 4.78 is 18.7. The Morgan fingerprint density at radius 3 is 2.73 bits per heavy atom. The van der Waals surface area contributed by atoms with Crippen molar-refractivity contribution in [3.8, 4) is 5.75 Å². The topological polar surface area (TPSA) is 35.2 Å². The average molecular weight is 227 g/mol. The molecule has 0 aromatic heterocycles. The molecule has 0 aliphatic carbocycles. The van der Waals surface area contributed by atoms with Gasteiger partial charge in [-0.1, -0.05) is 31.3 Å². The lowest BCUT2D eigenvalue weighted by atomic mass is 10.2. The van der Waals surface area contributed by atoms with Crippen molar-refractivity contribution in [3.05, 3.63) is 30.1 Å². The number of thiocarbonyl (C=S) groups is 1. The molecular formula is C11H14FNOS. The van der Waals surface area contributed by atoms with Gasteiger partial charge in [0, 0.05) is 6.42 Å². The number of nitrogens with two attached hydrogens (primary N) is 1. The van der Waals surface area contributed by atoms with Crippen LogP contribution in [0.4, 0.5) is 4.39 Å². The van der Waals surface area contributed by atoms with Crippen LogP contribution in [0.1, 0.15) is 19.8 Å². The highest BCUT2D eigenvalue weighted by Crippen LogP contribution is 2.19. The maximum absolute atomic E-state index is 13.2. The summed E-state index contributed by atoms with van der Waals surface area (Å²) in [6, 6.07) is 6.31. The number of hydrogen-bond acceptors (Lipinski definition) is 2. The zero-order valence-corrected chi connectivity index (χ0v) is 9.39. The highest BCUT2D eigenvalue weighted by atomic mass is 32.1. The molecule has 2 nitrogen and oxygen atoms in total. The maximum atomic E-state index is 13.2. The van der Waals surface area contributed by atoms with E-state index >= 15 is 0 Å². The van der Waals surface area contributed by atoms with Crippen molar-refractivity contribution in [1.82, 2.24) is 0 Å². The summed E-state index contributed by atoms with van der Waals surface area (Å²) in [4.78, 5) is 0.387. The minimum atomic E-state index is -0.362. The molecule has 0 radical (unpaired) electrons. The van der Waals surface area contributed by atoms with Crippen LogP contribution in [0.2, 0.25) is 0 Å². The molecule has 1 unspecified atom stereocenters. The number of rotatable bonds is 5. The monoisotopic (exact) mass is 227 g/mol. The Morgan fingerprint density at radius 2 is 2.20 bits per heavy atom. The van der Waals surface area contributed by atoms with E-state index in [1.54, 1.807) is 18.2 Å². The zero-order chi connectivity index (χ0) is 11.3. The Balaban J connectivity index is 2.66. The summed E-state index contributed by atoms with van der Waals surface area (Å²) in [5, 5.41) is 0. The van der Waals surface area contributed by atoms with Crippen LogP contribution < -0.4 is 10.5 Å². The summed E-state index contributed by atoms with van der Waals surface area (Å²) in [7, 11) is 0. The molecule has 0 bridgehead atoms. The summed E-state index contributed by atoms with van der Waals surface area (Å²) in [6.45, 7) is 1.95. The van der Waals surface area contributed by atoms with Crippen LogP contribution in [0.15, 0.2) is 24.3 Å². The summed E-state index contributed by atoms with van der Waals surface area (Å²) in [6.07, 6.45) is 1.06. The van der Waals surface area contributed by atoms with Gasteiger partial charge in [0.15, 0.2) is 11.6 Å². The fraction of sp³-hybridized carbons (Fsp3) is 0.364. The molecule has 0 fully saturated rings. The summed E-state index contributed by atoms with van der Waals surface area (Å²) in [5.74, 6) is -0.112. The van der Waals surface area contributed by atoms with E-state index in [4.69, 9.17) is 22.7 Å². The Morgan fingerprint density at radius 1 is 1.53 bits per heavy atom. The minimum absolute atomic E-state index is 0.153. The first-order valence-corrected chi connectivity index (χ1v) is 5.23. The predicted molar refractivity (Wildman–Crippen MR) is 62.5 cm³/mol.